The van der Waals surface area contributed by atoms with Gasteiger partial charge in [0.2, 0.25) is 0 Å². The van der Waals surface area contributed by atoms with Gasteiger partial charge in [0.15, 0.2) is 15.7 Å². The summed E-state index contributed by atoms with van der Waals surface area (Å²) in [6, 6.07) is 6.64. The summed E-state index contributed by atoms with van der Waals surface area (Å²) in [4.78, 5) is 13.4. The molecule has 0 radical (unpaired) electrons. The summed E-state index contributed by atoms with van der Waals surface area (Å²) < 4.78 is 78.0. The number of aromatic nitrogens is 2. The van der Waals surface area contributed by atoms with Gasteiger partial charge in [0, 0.05) is 66.6 Å². The van der Waals surface area contributed by atoms with Crippen molar-refractivity contribution in [1.82, 2.24) is 20.2 Å². The zero-order chi connectivity index (χ0) is 33.4. The van der Waals surface area contributed by atoms with E-state index >= 15 is 8.78 Å². The monoisotopic (exact) mass is 677 g/mol. The van der Waals surface area contributed by atoms with Crippen LogP contribution in [0, 0.1) is 35.2 Å². The van der Waals surface area contributed by atoms with Crippen LogP contribution in [0.4, 0.5) is 19.0 Å². The van der Waals surface area contributed by atoms with Gasteiger partial charge in [-0.05, 0) is 55.3 Å². The molecule has 2 N–H and O–H groups in total. The molecule has 2 bridgehead atoms. The number of terminal acetylenes is 1. The molecule has 13 heteroatoms. The number of benzene rings is 3. The number of hydrogen-bond donors (Lipinski definition) is 2. The lowest BCUT2D eigenvalue weighted by Crippen LogP contribution is -2.51. The zero-order valence-corrected chi connectivity index (χ0v) is 26.9. The lowest BCUT2D eigenvalue weighted by Gasteiger charge is -2.34. The van der Waals surface area contributed by atoms with Crippen LogP contribution in [-0.4, -0.2) is 91.3 Å². The minimum atomic E-state index is -3.00. The van der Waals surface area contributed by atoms with Crippen LogP contribution < -0.4 is 15.0 Å². The van der Waals surface area contributed by atoms with E-state index in [2.05, 4.69) is 21.1 Å². The molecule has 2 unspecified atom stereocenters. The quantitative estimate of drug-likeness (QED) is 0.276. The van der Waals surface area contributed by atoms with E-state index in [9.17, 15) is 17.9 Å². The molecule has 1 aliphatic carbocycles. The summed E-state index contributed by atoms with van der Waals surface area (Å²) in [7, 11) is -3.00. The second-order valence-electron chi connectivity index (χ2n) is 13.7. The van der Waals surface area contributed by atoms with E-state index in [4.69, 9.17) is 16.1 Å². The molecule has 4 heterocycles. The molecule has 1 saturated carbocycles. The fourth-order valence-corrected chi connectivity index (χ4v) is 8.85. The molecule has 0 spiro atoms. The maximum atomic E-state index is 16.9. The molecule has 4 fully saturated rings. The van der Waals surface area contributed by atoms with Gasteiger partial charge in [-0.1, -0.05) is 12.0 Å². The van der Waals surface area contributed by atoms with Gasteiger partial charge >= 0.3 is 6.01 Å². The van der Waals surface area contributed by atoms with Gasteiger partial charge in [0.25, 0.3) is 0 Å². The van der Waals surface area contributed by atoms with Crippen LogP contribution in [0.1, 0.15) is 31.2 Å². The van der Waals surface area contributed by atoms with Crippen LogP contribution in [0.25, 0.3) is 32.8 Å². The first-order valence-corrected chi connectivity index (χ1v) is 18.0. The molecule has 4 aromatic rings. The largest absolute Gasteiger partial charge is 0.508 e. The van der Waals surface area contributed by atoms with Gasteiger partial charge in [0.05, 0.1) is 29.2 Å². The van der Waals surface area contributed by atoms with E-state index in [1.54, 1.807) is 0 Å². The van der Waals surface area contributed by atoms with Gasteiger partial charge < -0.3 is 25.0 Å². The maximum absolute atomic E-state index is 16.9. The van der Waals surface area contributed by atoms with Crippen molar-refractivity contribution >= 4 is 37.3 Å². The van der Waals surface area contributed by atoms with E-state index in [-0.39, 0.29) is 74.8 Å². The third-order valence-corrected chi connectivity index (χ3v) is 11.9. The fourth-order valence-electron chi connectivity index (χ4n) is 7.57. The number of ether oxygens (including phenoxy) is 1. The predicted molar refractivity (Wildman–Crippen MR) is 176 cm³/mol. The Morgan fingerprint density at radius 3 is 2.46 bits per heavy atom. The third kappa shape index (κ3) is 5.59. The van der Waals surface area contributed by atoms with E-state index in [0.29, 0.717) is 43.9 Å². The van der Waals surface area contributed by atoms with Crippen LogP contribution >= 0.6 is 0 Å². The summed E-state index contributed by atoms with van der Waals surface area (Å²) in [6.07, 6.45) is 9.39. The van der Waals surface area contributed by atoms with Crippen molar-refractivity contribution in [3.63, 3.8) is 0 Å². The smallest absolute Gasteiger partial charge is 0.319 e. The Morgan fingerprint density at radius 2 is 1.77 bits per heavy atom. The predicted octanol–water partition coefficient (Wildman–Crippen LogP) is 4.38. The van der Waals surface area contributed by atoms with E-state index in [1.807, 2.05) is 4.90 Å². The molecule has 3 aliphatic heterocycles. The number of anilines is 1. The molecule has 250 valence electrons. The van der Waals surface area contributed by atoms with Crippen molar-refractivity contribution in [3.05, 3.63) is 53.3 Å². The first kappa shape index (κ1) is 31.2. The molecule has 1 aromatic heterocycles. The standard InChI is InChI=1S/C35H34F3N5O4S/c1-2-24-27(36)6-3-20-13-23(44)14-25(29(20)24)30-28(37)15-26-32(31(30)38)40-34(41-33(26)43-16-21-4-5-22(17-43)39-21)47-19-35(7-8-35)18-42-9-11-48(45,46)12-10-42/h1,3,6,13-15,21-22,39,44H,4-5,7-12,16-19H2. The van der Waals surface area contributed by atoms with E-state index in [0.717, 1.165) is 31.7 Å². The van der Waals surface area contributed by atoms with Crippen molar-refractivity contribution in [1.29, 1.82) is 0 Å². The van der Waals surface area contributed by atoms with Crippen LogP contribution in [0.3, 0.4) is 0 Å². The Bertz CT molecular complexity index is 2110. The lowest BCUT2D eigenvalue weighted by atomic mass is 9.92. The zero-order valence-electron chi connectivity index (χ0n) is 26.1. The van der Waals surface area contributed by atoms with E-state index < -0.39 is 32.9 Å². The molecule has 8 rings (SSSR count). The number of sulfone groups is 1. The minimum absolute atomic E-state index is 0.0524. The van der Waals surface area contributed by atoms with Crippen LogP contribution in [0.15, 0.2) is 30.3 Å². The molecule has 4 aliphatic rings. The molecular weight excluding hydrogens is 643 g/mol. The number of rotatable bonds is 7. The van der Waals surface area contributed by atoms with E-state index in [1.165, 1.54) is 24.3 Å². The normalized spacial score (nSPS) is 23.0. The topological polar surface area (TPSA) is 108 Å². The van der Waals surface area contributed by atoms with Crippen LogP contribution in [0.2, 0.25) is 0 Å². The number of nitrogens with one attached hydrogen (secondary N) is 1. The highest BCUT2D eigenvalue weighted by atomic mass is 32.2. The summed E-state index contributed by atoms with van der Waals surface area (Å²) in [6.45, 7) is 3.06. The fraction of sp³-hybridized carbons (Fsp3) is 0.429. The second-order valence-corrected chi connectivity index (χ2v) is 16.0. The molecule has 0 amide bonds. The number of aromatic hydroxyl groups is 1. The number of hydrogen-bond acceptors (Lipinski definition) is 9. The average Bonchev–Trinajstić information content (AvgIpc) is 3.74. The average molecular weight is 678 g/mol. The number of phenolic OH excluding ortho intramolecular Hbond substituents is 1. The molecule has 3 aromatic carbocycles. The highest BCUT2D eigenvalue weighted by Gasteiger charge is 2.46. The van der Waals surface area contributed by atoms with Crippen molar-refractivity contribution < 1.29 is 31.4 Å². The Balaban J connectivity index is 1.22. The molecular formula is C35H34F3N5O4S. The minimum Gasteiger partial charge on any atom is -0.508 e. The first-order chi connectivity index (χ1) is 23.0. The summed E-state index contributed by atoms with van der Waals surface area (Å²) in [5.74, 6) is -0.0122. The number of piperazine rings is 1. The van der Waals surface area contributed by atoms with Gasteiger partial charge in [-0.3, -0.25) is 0 Å². The number of phenols is 1. The molecule has 48 heavy (non-hydrogen) atoms. The molecule has 9 nitrogen and oxygen atoms in total. The van der Waals surface area contributed by atoms with Gasteiger partial charge in [-0.15, -0.1) is 6.42 Å². The number of halogens is 3. The Morgan fingerprint density at radius 1 is 1.04 bits per heavy atom. The molecule has 3 saturated heterocycles. The van der Waals surface area contributed by atoms with Crippen molar-refractivity contribution in [3.8, 4) is 35.2 Å². The van der Waals surface area contributed by atoms with Crippen molar-refractivity contribution in [2.45, 2.75) is 37.8 Å². The molecule has 2 atom stereocenters. The third-order valence-electron chi connectivity index (χ3n) is 10.3. The van der Waals surface area contributed by atoms with Crippen LogP contribution in [-0.2, 0) is 9.84 Å². The summed E-state index contributed by atoms with van der Waals surface area (Å²) in [5.41, 5.74) is -1.14. The maximum Gasteiger partial charge on any atom is 0.319 e. The number of fused-ring (bicyclic) bond motifs is 4. The summed E-state index contributed by atoms with van der Waals surface area (Å²) >= 11 is 0. The van der Waals surface area contributed by atoms with Crippen molar-refractivity contribution in [2.24, 2.45) is 5.41 Å². The highest BCUT2D eigenvalue weighted by molar-refractivity contribution is 7.91. The van der Waals surface area contributed by atoms with Gasteiger partial charge in [-0.25, -0.2) is 21.6 Å². The van der Waals surface area contributed by atoms with Crippen molar-refractivity contribution in [2.75, 3.05) is 55.7 Å². The lowest BCUT2D eigenvalue weighted by molar-refractivity contribution is 0.160. The Kier molecular flexibility index (Phi) is 7.46. The highest BCUT2D eigenvalue weighted by Crippen LogP contribution is 2.47. The number of nitrogens with zero attached hydrogens (tertiary/aromatic N) is 4. The van der Waals surface area contributed by atoms with Gasteiger partial charge in [-0.2, -0.15) is 9.97 Å². The summed E-state index contributed by atoms with van der Waals surface area (Å²) in [5, 5.41) is 14.7. The second kappa shape index (κ2) is 11.5. The Labute approximate surface area is 276 Å². The Hall–Kier alpha value is -4.12. The van der Waals surface area contributed by atoms with Crippen LogP contribution in [0.5, 0.6) is 11.8 Å². The van der Waals surface area contributed by atoms with Gasteiger partial charge in [0.1, 0.15) is 28.7 Å². The SMILES string of the molecule is C#Cc1c(F)ccc2cc(O)cc(-c3c(F)cc4c(N5CC6CCC(C5)N6)nc(OCC5(CN6CCS(=O)(=O)CC6)CC5)nc4c3F)c12. The first-order valence-electron chi connectivity index (χ1n) is 16.2.